The third kappa shape index (κ3) is 13.0. The third-order valence-electron chi connectivity index (χ3n) is 0.902. The predicted octanol–water partition coefficient (Wildman–Crippen LogP) is 1.72. The summed E-state index contributed by atoms with van der Waals surface area (Å²) in [7, 11) is 2.64. The highest BCUT2D eigenvalue weighted by molar-refractivity contribution is 5.86. The molecule has 0 atom stereocenters. The minimum atomic E-state index is -0.394. The predicted molar refractivity (Wildman–Crippen MR) is 55.8 cm³/mol. The van der Waals surface area contributed by atoms with Gasteiger partial charge in [0.25, 0.3) is 0 Å². The van der Waals surface area contributed by atoms with E-state index in [2.05, 4.69) is 22.6 Å². The second-order valence-corrected chi connectivity index (χ2v) is 2.00. The maximum absolute atomic E-state index is 10.2. The molecule has 0 radical (unpaired) electrons. The molecule has 0 rings (SSSR count). The minimum Gasteiger partial charge on any atom is -0.466 e. The normalized spacial score (nSPS) is 6.79. The molecule has 0 aliphatic rings. The topological polar surface area (TPSA) is 52.6 Å². The van der Waals surface area contributed by atoms with Crippen LogP contribution >= 0.6 is 0 Å². The van der Waals surface area contributed by atoms with E-state index in [0.717, 1.165) is 6.08 Å². The molecule has 0 aliphatic heterocycles. The molecular weight excluding hydrogens is 184 g/mol. The van der Waals surface area contributed by atoms with Gasteiger partial charge in [-0.25, -0.2) is 9.59 Å². The van der Waals surface area contributed by atoms with Crippen molar-refractivity contribution in [2.45, 2.75) is 14.4 Å². The summed E-state index contributed by atoms with van der Waals surface area (Å²) in [4.78, 5) is 20.0. The lowest BCUT2D eigenvalue weighted by molar-refractivity contribution is -0.136. The molecular formula is C10H18O4. The number of ether oxygens (including phenoxy) is 2. The molecule has 0 saturated carbocycles. The van der Waals surface area contributed by atoms with Crippen LogP contribution in [0.25, 0.3) is 0 Å². The van der Waals surface area contributed by atoms with Crippen molar-refractivity contribution in [2.24, 2.45) is 0 Å². The SMILES string of the molecule is C.C=C(C)C(=O)OC.C=CC(=O)OC. The van der Waals surface area contributed by atoms with Gasteiger partial charge in [-0.3, -0.25) is 0 Å². The first-order chi connectivity index (χ1) is 5.99. The molecule has 0 N–H and O–H groups in total. The Morgan fingerprint density at radius 1 is 1.21 bits per heavy atom. The van der Waals surface area contributed by atoms with Crippen molar-refractivity contribution in [2.75, 3.05) is 14.2 Å². The van der Waals surface area contributed by atoms with E-state index in [1.165, 1.54) is 14.2 Å². The Kier molecular flexibility index (Phi) is 14.9. The molecule has 0 aromatic carbocycles. The first-order valence-corrected chi connectivity index (χ1v) is 3.43. The quantitative estimate of drug-likeness (QED) is 0.505. The molecule has 4 nitrogen and oxygen atoms in total. The lowest BCUT2D eigenvalue weighted by Crippen LogP contribution is -1.98. The largest absolute Gasteiger partial charge is 0.466 e. The van der Waals surface area contributed by atoms with Crippen LogP contribution in [-0.2, 0) is 19.1 Å². The summed E-state index contributed by atoms with van der Waals surface area (Å²) in [6.07, 6.45) is 1.11. The lowest BCUT2D eigenvalue weighted by Gasteiger charge is -1.91. The summed E-state index contributed by atoms with van der Waals surface area (Å²) >= 11 is 0. The van der Waals surface area contributed by atoms with Crippen molar-refractivity contribution in [3.05, 3.63) is 24.8 Å². The maximum atomic E-state index is 10.2. The van der Waals surface area contributed by atoms with Crippen molar-refractivity contribution in [1.29, 1.82) is 0 Å². The summed E-state index contributed by atoms with van der Waals surface area (Å²) in [6, 6.07) is 0. The molecule has 0 saturated heterocycles. The monoisotopic (exact) mass is 202 g/mol. The van der Waals surface area contributed by atoms with E-state index in [0.29, 0.717) is 5.57 Å². The smallest absolute Gasteiger partial charge is 0.332 e. The fourth-order valence-electron chi connectivity index (χ4n) is 0.258. The van der Waals surface area contributed by atoms with Gasteiger partial charge >= 0.3 is 11.9 Å². The number of carbonyl (C=O) groups is 2. The fraction of sp³-hybridized carbons (Fsp3) is 0.400. The standard InChI is InChI=1S/C5H8O2.C4H6O2.CH4/c1-4(2)5(6)7-3;1-3-4(5)6-2;/h1H2,2-3H3;3H,1H2,2H3;1H4. The van der Waals surface area contributed by atoms with Crippen LogP contribution in [0.5, 0.6) is 0 Å². The van der Waals surface area contributed by atoms with Crippen molar-refractivity contribution < 1.29 is 19.1 Å². The van der Waals surface area contributed by atoms with E-state index in [9.17, 15) is 9.59 Å². The number of carbonyl (C=O) groups excluding carboxylic acids is 2. The Morgan fingerprint density at radius 3 is 1.64 bits per heavy atom. The van der Waals surface area contributed by atoms with Gasteiger partial charge in [-0.1, -0.05) is 20.6 Å². The Balaban J connectivity index is -0.000000163. The van der Waals surface area contributed by atoms with Crippen LogP contribution < -0.4 is 0 Å². The summed E-state index contributed by atoms with van der Waals surface area (Å²) in [5.74, 6) is -0.741. The van der Waals surface area contributed by atoms with Gasteiger partial charge in [-0.15, -0.1) is 0 Å². The maximum Gasteiger partial charge on any atom is 0.332 e. The molecule has 0 spiro atoms. The zero-order chi connectivity index (χ0) is 10.9. The fourth-order valence-corrected chi connectivity index (χ4v) is 0.258. The highest BCUT2D eigenvalue weighted by Crippen LogP contribution is 1.87. The van der Waals surface area contributed by atoms with E-state index in [4.69, 9.17) is 0 Å². The first-order valence-electron chi connectivity index (χ1n) is 3.43. The molecule has 14 heavy (non-hydrogen) atoms. The summed E-state index contributed by atoms with van der Waals surface area (Å²) in [5.41, 5.74) is 0.433. The van der Waals surface area contributed by atoms with Crippen molar-refractivity contribution in [1.82, 2.24) is 0 Å². The van der Waals surface area contributed by atoms with Gasteiger partial charge in [0.15, 0.2) is 0 Å². The number of esters is 2. The average Bonchev–Trinajstić information content (AvgIpc) is 2.16. The summed E-state index contributed by atoms with van der Waals surface area (Å²) in [6.45, 7) is 8.11. The molecule has 4 heteroatoms. The first kappa shape index (κ1) is 18.3. The summed E-state index contributed by atoms with van der Waals surface area (Å²) in [5, 5.41) is 0. The second kappa shape index (κ2) is 11.4. The van der Waals surface area contributed by atoms with Crippen LogP contribution in [0, 0.1) is 0 Å². The van der Waals surface area contributed by atoms with Crippen molar-refractivity contribution >= 4 is 11.9 Å². The number of hydrogen-bond acceptors (Lipinski definition) is 4. The number of rotatable bonds is 2. The Bertz CT molecular complexity index is 206. The summed E-state index contributed by atoms with van der Waals surface area (Å²) < 4.78 is 8.42. The van der Waals surface area contributed by atoms with E-state index < -0.39 is 5.97 Å². The number of hydrogen-bond donors (Lipinski definition) is 0. The minimum absolute atomic E-state index is 0. The van der Waals surface area contributed by atoms with Gasteiger partial charge < -0.3 is 9.47 Å². The zero-order valence-corrected chi connectivity index (χ0v) is 8.12. The molecule has 0 aromatic heterocycles. The molecule has 0 amide bonds. The molecule has 0 aromatic rings. The molecule has 0 unspecified atom stereocenters. The van der Waals surface area contributed by atoms with E-state index in [1.54, 1.807) is 6.92 Å². The third-order valence-corrected chi connectivity index (χ3v) is 0.902. The van der Waals surface area contributed by atoms with Crippen LogP contribution in [0.3, 0.4) is 0 Å². The van der Waals surface area contributed by atoms with Gasteiger partial charge in [0.2, 0.25) is 0 Å². The van der Waals surface area contributed by atoms with Gasteiger partial charge in [0, 0.05) is 11.6 Å². The van der Waals surface area contributed by atoms with E-state index >= 15 is 0 Å². The van der Waals surface area contributed by atoms with Crippen molar-refractivity contribution in [3.63, 3.8) is 0 Å². The van der Waals surface area contributed by atoms with Crippen LogP contribution in [0.2, 0.25) is 0 Å². The highest BCUT2D eigenvalue weighted by atomic mass is 16.5. The Morgan fingerprint density at radius 2 is 1.64 bits per heavy atom. The highest BCUT2D eigenvalue weighted by Gasteiger charge is 1.95. The van der Waals surface area contributed by atoms with E-state index in [-0.39, 0.29) is 13.4 Å². The Labute approximate surface area is 85.2 Å². The molecule has 0 aliphatic carbocycles. The van der Waals surface area contributed by atoms with Crippen LogP contribution in [0.1, 0.15) is 14.4 Å². The van der Waals surface area contributed by atoms with Gasteiger partial charge in [-0.2, -0.15) is 0 Å². The van der Waals surface area contributed by atoms with E-state index in [1.807, 2.05) is 0 Å². The van der Waals surface area contributed by atoms with Crippen LogP contribution in [0.4, 0.5) is 0 Å². The Hall–Kier alpha value is -1.58. The van der Waals surface area contributed by atoms with Crippen LogP contribution in [-0.4, -0.2) is 26.2 Å². The molecule has 0 heterocycles. The van der Waals surface area contributed by atoms with Gasteiger partial charge in [0.05, 0.1) is 14.2 Å². The molecule has 82 valence electrons. The van der Waals surface area contributed by atoms with Gasteiger partial charge in [-0.05, 0) is 6.92 Å². The zero-order valence-electron chi connectivity index (χ0n) is 8.12. The molecule has 0 fully saturated rings. The number of methoxy groups -OCH3 is 2. The second-order valence-electron chi connectivity index (χ2n) is 2.00. The van der Waals surface area contributed by atoms with Crippen LogP contribution in [0.15, 0.2) is 24.8 Å². The molecule has 0 bridgehead atoms. The average molecular weight is 202 g/mol. The lowest BCUT2D eigenvalue weighted by atomic mass is 10.4. The van der Waals surface area contributed by atoms with Crippen molar-refractivity contribution in [3.8, 4) is 0 Å². The van der Waals surface area contributed by atoms with Gasteiger partial charge in [0.1, 0.15) is 0 Å².